The van der Waals surface area contributed by atoms with Crippen molar-refractivity contribution in [2.24, 2.45) is 0 Å². The van der Waals surface area contributed by atoms with Gasteiger partial charge in [-0.3, -0.25) is 5.10 Å². The molecule has 0 saturated carbocycles. The van der Waals surface area contributed by atoms with E-state index in [0.717, 1.165) is 35.0 Å². The first-order valence-electron chi connectivity index (χ1n) is 10.5. The Kier molecular flexibility index (Phi) is 4.37. The molecule has 31 heavy (non-hydrogen) atoms. The lowest BCUT2D eigenvalue weighted by Crippen LogP contribution is -2.58. The molecule has 160 valence electrons. The highest BCUT2D eigenvalue weighted by Crippen LogP contribution is 2.37. The van der Waals surface area contributed by atoms with Crippen LogP contribution in [0.1, 0.15) is 46.6 Å². The highest BCUT2D eigenvalue weighted by molar-refractivity contribution is 5.81. The molecule has 0 unspecified atom stereocenters. The maximum absolute atomic E-state index is 10.6. The van der Waals surface area contributed by atoms with Gasteiger partial charge >= 0.3 is 0 Å². The second-order valence-electron chi connectivity index (χ2n) is 9.77. The van der Waals surface area contributed by atoms with Crippen LogP contribution in [0.4, 0.5) is 0 Å². The standard InChI is InChI=1S/C23H27N7O/c1-22(2)9-17(10-23(3,4)29-22)30-21-15(13-26-30)7-19(27-28-21)18-6-5-14(8-20(18)31)16-11-24-25-12-16/h5-8,11-13,17,29,31H,9-10H2,1-4H3,(H,24,25). The van der Waals surface area contributed by atoms with Crippen LogP contribution < -0.4 is 5.32 Å². The Morgan fingerprint density at radius 2 is 1.77 bits per heavy atom. The summed E-state index contributed by atoms with van der Waals surface area (Å²) in [6, 6.07) is 7.70. The van der Waals surface area contributed by atoms with E-state index in [2.05, 4.69) is 58.5 Å². The fraction of sp³-hybridized carbons (Fsp3) is 0.391. The minimum Gasteiger partial charge on any atom is -0.507 e. The Morgan fingerprint density at radius 3 is 2.45 bits per heavy atom. The zero-order valence-corrected chi connectivity index (χ0v) is 18.2. The minimum atomic E-state index is 0.0145. The molecular formula is C23H27N7O. The molecule has 4 aromatic rings. The second kappa shape index (κ2) is 6.88. The van der Waals surface area contributed by atoms with Gasteiger partial charge in [0.1, 0.15) is 5.75 Å². The lowest BCUT2D eigenvalue weighted by Gasteiger charge is -2.46. The molecule has 3 N–H and O–H groups in total. The molecule has 0 spiro atoms. The first-order chi connectivity index (χ1) is 14.7. The first-order valence-corrected chi connectivity index (χ1v) is 10.5. The molecule has 0 amide bonds. The molecule has 0 aliphatic carbocycles. The number of nitrogens with zero attached hydrogens (tertiary/aromatic N) is 5. The van der Waals surface area contributed by atoms with E-state index < -0.39 is 0 Å². The van der Waals surface area contributed by atoms with Crippen molar-refractivity contribution in [2.75, 3.05) is 0 Å². The fourth-order valence-corrected chi connectivity index (χ4v) is 5.03. The van der Waals surface area contributed by atoms with Gasteiger partial charge in [-0.15, -0.1) is 10.2 Å². The van der Waals surface area contributed by atoms with E-state index in [9.17, 15) is 5.11 Å². The van der Waals surface area contributed by atoms with Crippen molar-refractivity contribution in [3.05, 3.63) is 42.9 Å². The maximum Gasteiger partial charge on any atom is 0.180 e. The van der Waals surface area contributed by atoms with Gasteiger partial charge < -0.3 is 10.4 Å². The van der Waals surface area contributed by atoms with Gasteiger partial charge in [0.25, 0.3) is 0 Å². The average Bonchev–Trinajstić information content (AvgIpc) is 3.35. The number of fused-ring (bicyclic) bond motifs is 1. The number of phenolic OH excluding ortho intramolecular Hbond substituents is 1. The van der Waals surface area contributed by atoms with Crippen molar-refractivity contribution >= 4 is 11.0 Å². The molecule has 0 atom stereocenters. The molecule has 1 aliphatic heterocycles. The summed E-state index contributed by atoms with van der Waals surface area (Å²) in [5.41, 5.74) is 3.86. The summed E-state index contributed by atoms with van der Waals surface area (Å²) in [6.07, 6.45) is 7.28. The molecular weight excluding hydrogens is 390 g/mol. The monoisotopic (exact) mass is 417 g/mol. The van der Waals surface area contributed by atoms with Crippen LogP contribution >= 0.6 is 0 Å². The Labute approximate surface area is 180 Å². The number of piperidine rings is 1. The van der Waals surface area contributed by atoms with Crippen molar-refractivity contribution in [3.63, 3.8) is 0 Å². The predicted octanol–water partition coefficient (Wildman–Crippen LogP) is 4.07. The van der Waals surface area contributed by atoms with E-state index in [1.807, 2.05) is 29.1 Å². The Bertz CT molecular complexity index is 1220. The normalized spacial score (nSPS) is 18.5. The van der Waals surface area contributed by atoms with Crippen LogP contribution in [0.15, 0.2) is 42.9 Å². The largest absolute Gasteiger partial charge is 0.507 e. The summed E-state index contributed by atoms with van der Waals surface area (Å²) in [4.78, 5) is 0. The zero-order valence-electron chi connectivity index (χ0n) is 18.2. The number of nitrogens with one attached hydrogen (secondary N) is 2. The quantitative estimate of drug-likeness (QED) is 0.464. The van der Waals surface area contributed by atoms with Gasteiger partial charge in [-0.2, -0.15) is 10.2 Å². The molecule has 1 aliphatic rings. The lowest BCUT2D eigenvalue weighted by molar-refractivity contribution is 0.128. The summed E-state index contributed by atoms with van der Waals surface area (Å²) in [5.74, 6) is 0.154. The third-order valence-corrected chi connectivity index (χ3v) is 5.96. The number of aromatic hydroxyl groups is 1. The lowest BCUT2D eigenvalue weighted by atomic mass is 9.79. The first kappa shape index (κ1) is 19.7. The van der Waals surface area contributed by atoms with Gasteiger partial charge in [0, 0.05) is 33.8 Å². The summed E-state index contributed by atoms with van der Waals surface area (Å²) < 4.78 is 2.01. The van der Waals surface area contributed by atoms with Gasteiger partial charge in [-0.25, -0.2) is 4.68 Å². The third kappa shape index (κ3) is 3.67. The predicted molar refractivity (Wildman–Crippen MR) is 120 cm³/mol. The average molecular weight is 418 g/mol. The zero-order chi connectivity index (χ0) is 21.8. The van der Waals surface area contributed by atoms with Gasteiger partial charge in [0.05, 0.1) is 24.1 Å². The number of phenols is 1. The molecule has 1 fully saturated rings. The summed E-state index contributed by atoms with van der Waals surface area (Å²) in [7, 11) is 0. The number of H-pyrrole nitrogens is 1. The van der Waals surface area contributed by atoms with Gasteiger partial charge in [0.15, 0.2) is 5.65 Å². The van der Waals surface area contributed by atoms with Crippen LogP contribution in [0.5, 0.6) is 5.75 Å². The van der Waals surface area contributed by atoms with E-state index in [-0.39, 0.29) is 22.9 Å². The van der Waals surface area contributed by atoms with Crippen LogP contribution in [-0.4, -0.2) is 46.4 Å². The number of hydrogen-bond donors (Lipinski definition) is 3. The fourth-order valence-electron chi connectivity index (χ4n) is 5.03. The molecule has 1 aromatic carbocycles. The molecule has 8 nitrogen and oxygen atoms in total. The van der Waals surface area contributed by atoms with Crippen LogP contribution in [0.3, 0.4) is 0 Å². The molecule has 8 heteroatoms. The molecule has 4 heterocycles. The second-order valence-corrected chi connectivity index (χ2v) is 9.77. The van der Waals surface area contributed by atoms with E-state index in [1.54, 1.807) is 18.5 Å². The highest BCUT2D eigenvalue weighted by Gasteiger charge is 2.39. The smallest absolute Gasteiger partial charge is 0.180 e. The van der Waals surface area contributed by atoms with Crippen molar-refractivity contribution in [1.82, 2.24) is 35.5 Å². The Hall–Kier alpha value is -3.26. The molecule has 5 rings (SSSR count). The van der Waals surface area contributed by atoms with Crippen molar-refractivity contribution < 1.29 is 5.11 Å². The molecule has 1 saturated heterocycles. The van der Waals surface area contributed by atoms with Crippen LogP contribution in [0.25, 0.3) is 33.4 Å². The van der Waals surface area contributed by atoms with Crippen LogP contribution in [0.2, 0.25) is 0 Å². The van der Waals surface area contributed by atoms with Gasteiger partial charge in [0.2, 0.25) is 0 Å². The van der Waals surface area contributed by atoms with Gasteiger partial charge in [-0.1, -0.05) is 6.07 Å². The van der Waals surface area contributed by atoms with Crippen LogP contribution in [-0.2, 0) is 0 Å². The number of aromatic amines is 1. The Morgan fingerprint density at radius 1 is 1.00 bits per heavy atom. The molecule has 0 radical (unpaired) electrons. The van der Waals surface area contributed by atoms with Gasteiger partial charge in [-0.05, 0) is 64.3 Å². The van der Waals surface area contributed by atoms with Crippen molar-refractivity contribution in [2.45, 2.75) is 57.7 Å². The maximum atomic E-state index is 10.6. The van der Waals surface area contributed by atoms with E-state index in [0.29, 0.717) is 11.3 Å². The van der Waals surface area contributed by atoms with Crippen molar-refractivity contribution in [3.8, 4) is 28.1 Å². The summed E-state index contributed by atoms with van der Waals surface area (Å²) in [6.45, 7) is 8.91. The third-order valence-electron chi connectivity index (χ3n) is 5.96. The van der Waals surface area contributed by atoms with Crippen molar-refractivity contribution in [1.29, 1.82) is 0 Å². The van der Waals surface area contributed by atoms with E-state index in [4.69, 9.17) is 0 Å². The summed E-state index contributed by atoms with van der Waals surface area (Å²) >= 11 is 0. The van der Waals surface area contributed by atoms with E-state index >= 15 is 0 Å². The molecule has 3 aromatic heterocycles. The summed E-state index contributed by atoms with van der Waals surface area (Å²) in [5, 5.41) is 35.6. The van der Waals surface area contributed by atoms with E-state index in [1.165, 1.54) is 0 Å². The number of hydrogen-bond acceptors (Lipinski definition) is 6. The minimum absolute atomic E-state index is 0.0145. The Balaban J connectivity index is 1.49. The number of benzene rings is 1. The number of aromatic nitrogens is 6. The topological polar surface area (TPSA) is 105 Å². The number of rotatable bonds is 3. The SMILES string of the molecule is CC1(C)CC(n2ncc3cc(-c4ccc(-c5cn[nH]c5)cc4O)nnc32)CC(C)(C)N1. The molecule has 0 bridgehead atoms. The van der Waals surface area contributed by atoms with Crippen LogP contribution in [0, 0.1) is 0 Å². The highest BCUT2D eigenvalue weighted by atomic mass is 16.3.